The van der Waals surface area contributed by atoms with Crippen molar-refractivity contribution in [2.24, 2.45) is 11.7 Å². The Morgan fingerprint density at radius 2 is 1.76 bits per heavy atom. The molecule has 1 aromatic rings. The van der Waals surface area contributed by atoms with Crippen molar-refractivity contribution in [3.05, 3.63) is 35.4 Å². The molecule has 0 aliphatic carbocycles. The van der Waals surface area contributed by atoms with Crippen molar-refractivity contribution in [2.75, 3.05) is 33.7 Å². The number of amides is 1. The predicted molar refractivity (Wildman–Crippen MR) is 89.5 cm³/mol. The molecule has 0 unspecified atom stereocenters. The van der Waals surface area contributed by atoms with Crippen LogP contribution in [0.2, 0.25) is 0 Å². The van der Waals surface area contributed by atoms with Crippen molar-refractivity contribution < 1.29 is 4.79 Å². The van der Waals surface area contributed by atoms with E-state index in [9.17, 15) is 4.79 Å². The number of thiocarbonyl (C=S) groups is 1. The van der Waals surface area contributed by atoms with Gasteiger partial charge in [0.1, 0.15) is 4.99 Å². The van der Waals surface area contributed by atoms with E-state index < -0.39 is 0 Å². The standard InChI is InChI=1S/C16H23N3OS/c1-18(2)11-12-7-9-19(10-8-12)16(20)14-5-3-13(4-6-14)15(17)21/h3-6,12H,7-11H2,1-2H3,(H2,17,21). The highest BCUT2D eigenvalue weighted by molar-refractivity contribution is 7.80. The molecule has 0 radical (unpaired) electrons. The lowest BCUT2D eigenvalue weighted by atomic mass is 9.96. The zero-order valence-electron chi connectivity index (χ0n) is 12.7. The predicted octanol–water partition coefficient (Wildman–Crippen LogP) is 1.73. The van der Waals surface area contributed by atoms with Gasteiger partial charge in [-0.2, -0.15) is 0 Å². The highest BCUT2D eigenvalue weighted by Crippen LogP contribution is 2.19. The lowest BCUT2D eigenvalue weighted by Crippen LogP contribution is -2.40. The van der Waals surface area contributed by atoms with Gasteiger partial charge in [-0.25, -0.2) is 0 Å². The molecule has 1 saturated heterocycles. The first-order valence-corrected chi connectivity index (χ1v) is 7.72. The van der Waals surface area contributed by atoms with Crippen molar-refractivity contribution in [3.8, 4) is 0 Å². The molecule has 0 spiro atoms. The second kappa shape index (κ2) is 7.00. The van der Waals surface area contributed by atoms with Crippen LogP contribution >= 0.6 is 12.2 Å². The number of nitrogens with two attached hydrogens (primary N) is 1. The fraction of sp³-hybridized carbons (Fsp3) is 0.500. The monoisotopic (exact) mass is 305 g/mol. The molecule has 1 heterocycles. The molecule has 0 aromatic heterocycles. The number of likely N-dealkylation sites (tertiary alicyclic amines) is 1. The summed E-state index contributed by atoms with van der Waals surface area (Å²) >= 11 is 4.92. The van der Waals surface area contributed by atoms with Crippen LogP contribution in [0.25, 0.3) is 0 Å². The lowest BCUT2D eigenvalue weighted by molar-refractivity contribution is 0.0678. The largest absolute Gasteiger partial charge is 0.389 e. The third-order valence-electron chi connectivity index (χ3n) is 3.94. The summed E-state index contributed by atoms with van der Waals surface area (Å²) < 4.78 is 0. The minimum atomic E-state index is 0.104. The van der Waals surface area contributed by atoms with Gasteiger partial charge in [-0.3, -0.25) is 4.79 Å². The van der Waals surface area contributed by atoms with Gasteiger partial charge in [0.05, 0.1) is 0 Å². The number of nitrogens with zero attached hydrogens (tertiary/aromatic N) is 2. The molecule has 0 bridgehead atoms. The number of carbonyl (C=O) groups is 1. The first-order chi connectivity index (χ1) is 9.97. The Morgan fingerprint density at radius 1 is 1.24 bits per heavy atom. The van der Waals surface area contributed by atoms with E-state index >= 15 is 0 Å². The normalized spacial score (nSPS) is 16.2. The van der Waals surface area contributed by atoms with Gasteiger partial charge in [0.15, 0.2) is 0 Å². The zero-order chi connectivity index (χ0) is 15.4. The second-order valence-electron chi connectivity index (χ2n) is 5.94. The van der Waals surface area contributed by atoms with Crippen molar-refractivity contribution in [2.45, 2.75) is 12.8 Å². The van der Waals surface area contributed by atoms with Gasteiger partial charge in [0, 0.05) is 30.8 Å². The fourth-order valence-electron chi connectivity index (χ4n) is 2.79. The summed E-state index contributed by atoms with van der Waals surface area (Å²) in [7, 11) is 4.20. The molecule has 1 aliphatic heterocycles. The highest BCUT2D eigenvalue weighted by Gasteiger charge is 2.23. The molecule has 2 N–H and O–H groups in total. The maximum Gasteiger partial charge on any atom is 0.253 e. The summed E-state index contributed by atoms with van der Waals surface area (Å²) in [6.45, 7) is 2.79. The average molecular weight is 305 g/mol. The molecule has 4 nitrogen and oxygen atoms in total. The Kier molecular flexibility index (Phi) is 5.31. The summed E-state index contributed by atoms with van der Waals surface area (Å²) in [6, 6.07) is 7.24. The summed E-state index contributed by atoms with van der Waals surface area (Å²) in [5.74, 6) is 0.800. The Labute approximate surface area is 131 Å². The molecular weight excluding hydrogens is 282 g/mol. The molecule has 5 heteroatoms. The maximum atomic E-state index is 12.5. The minimum Gasteiger partial charge on any atom is -0.389 e. The zero-order valence-corrected chi connectivity index (χ0v) is 13.5. The molecule has 2 rings (SSSR count). The van der Waals surface area contributed by atoms with Gasteiger partial charge in [0.25, 0.3) is 5.91 Å². The van der Waals surface area contributed by atoms with Gasteiger partial charge < -0.3 is 15.5 Å². The third kappa shape index (κ3) is 4.25. The Hall–Kier alpha value is -1.46. The van der Waals surface area contributed by atoms with E-state index in [4.69, 9.17) is 18.0 Å². The molecule has 0 saturated carbocycles. The van der Waals surface area contributed by atoms with Crippen molar-refractivity contribution in [1.29, 1.82) is 0 Å². The SMILES string of the molecule is CN(C)CC1CCN(C(=O)c2ccc(C(N)=S)cc2)CC1. The van der Waals surface area contributed by atoms with Gasteiger partial charge in [-0.15, -0.1) is 0 Å². The summed E-state index contributed by atoms with van der Waals surface area (Å²) in [4.78, 5) is 17.0. The number of hydrogen-bond donors (Lipinski definition) is 1. The molecule has 1 amide bonds. The minimum absolute atomic E-state index is 0.104. The Balaban J connectivity index is 1.94. The Morgan fingerprint density at radius 3 is 2.24 bits per heavy atom. The number of hydrogen-bond acceptors (Lipinski definition) is 3. The van der Waals surface area contributed by atoms with Crippen LogP contribution in [0.4, 0.5) is 0 Å². The summed E-state index contributed by atoms with van der Waals surface area (Å²) in [6.07, 6.45) is 2.16. The van der Waals surface area contributed by atoms with E-state index in [1.54, 1.807) is 0 Å². The molecular formula is C16H23N3OS. The van der Waals surface area contributed by atoms with Crippen LogP contribution in [-0.2, 0) is 0 Å². The Bertz CT molecular complexity index is 505. The van der Waals surface area contributed by atoms with Crippen LogP contribution in [-0.4, -0.2) is 54.4 Å². The van der Waals surface area contributed by atoms with Crippen molar-refractivity contribution in [1.82, 2.24) is 9.80 Å². The van der Waals surface area contributed by atoms with Gasteiger partial charge in [-0.1, -0.05) is 24.4 Å². The van der Waals surface area contributed by atoms with Crippen molar-refractivity contribution >= 4 is 23.1 Å². The van der Waals surface area contributed by atoms with Crippen LogP contribution in [0, 0.1) is 5.92 Å². The van der Waals surface area contributed by atoms with Crippen LogP contribution in [0.1, 0.15) is 28.8 Å². The smallest absolute Gasteiger partial charge is 0.253 e. The topological polar surface area (TPSA) is 49.6 Å². The fourth-order valence-corrected chi connectivity index (χ4v) is 2.93. The number of carbonyl (C=O) groups excluding carboxylic acids is 1. The number of piperidine rings is 1. The van der Waals surface area contributed by atoms with E-state index in [1.807, 2.05) is 29.2 Å². The lowest BCUT2D eigenvalue weighted by Gasteiger charge is -2.33. The first-order valence-electron chi connectivity index (χ1n) is 7.31. The van der Waals surface area contributed by atoms with Gasteiger partial charge >= 0.3 is 0 Å². The van der Waals surface area contributed by atoms with Gasteiger partial charge in [-0.05, 0) is 45.0 Å². The third-order valence-corrected chi connectivity index (χ3v) is 4.18. The van der Waals surface area contributed by atoms with E-state index in [2.05, 4.69) is 19.0 Å². The maximum absolute atomic E-state index is 12.5. The summed E-state index contributed by atoms with van der Waals surface area (Å²) in [5, 5.41) is 0. The van der Waals surface area contributed by atoms with Gasteiger partial charge in [0.2, 0.25) is 0 Å². The highest BCUT2D eigenvalue weighted by atomic mass is 32.1. The van der Waals surface area contributed by atoms with Crippen LogP contribution in [0.15, 0.2) is 24.3 Å². The molecule has 1 aliphatic rings. The number of benzene rings is 1. The molecule has 21 heavy (non-hydrogen) atoms. The van der Waals surface area contributed by atoms with E-state index in [0.29, 0.717) is 16.5 Å². The quantitative estimate of drug-likeness (QED) is 0.861. The average Bonchev–Trinajstić information content (AvgIpc) is 2.47. The van der Waals surface area contributed by atoms with E-state index in [-0.39, 0.29) is 5.91 Å². The van der Waals surface area contributed by atoms with E-state index in [1.165, 1.54) is 0 Å². The molecule has 0 atom stereocenters. The molecule has 114 valence electrons. The van der Waals surface area contributed by atoms with Crippen LogP contribution in [0.3, 0.4) is 0 Å². The molecule has 1 aromatic carbocycles. The number of rotatable bonds is 4. The van der Waals surface area contributed by atoms with Crippen LogP contribution < -0.4 is 5.73 Å². The van der Waals surface area contributed by atoms with Crippen LogP contribution in [0.5, 0.6) is 0 Å². The van der Waals surface area contributed by atoms with Crippen molar-refractivity contribution in [3.63, 3.8) is 0 Å². The second-order valence-corrected chi connectivity index (χ2v) is 6.38. The summed E-state index contributed by atoms with van der Waals surface area (Å²) in [5.41, 5.74) is 7.08. The van der Waals surface area contributed by atoms with E-state index in [0.717, 1.165) is 38.0 Å². The first kappa shape index (κ1) is 15.9. The molecule has 1 fully saturated rings.